The summed E-state index contributed by atoms with van der Waals surface area (Å²) in [6.45, 7) is 3.11. The third kappa shape index (κ3) is 2.72. The smallest absolute Gasteiger partial charge is 0.118 e. The van der Waals surface area contributed by atoms with E-state index in [-0.39, 0.29) is 0 Å². The molecule has 0 aliphatic carbocycles. The molecule has 2 nitrogen and oxygen atoms in total. The first-order chi connectivity index (χ1) is 7.25. The van der Waals surface area contributed by atoms with Gasteiger partial charge in [0, 0.05) is 6.04 Å². The van der Waals surface area contributed by atoms with Crippen LogP contribution in [-0.2, 0) is 6.42 Å². The number of piperidine rings is 1. The van der Waals surface area contributed by atoms with Gasteiger partial charge in [-0.3, -0.25) is 0 Å². The maximum Gasteiger partial charge on any atom is 0.118 e. The summed E-state index contributed by atoms with van der Waals surface area (Å²) in [5.74, 6) is 0.398. The lowest BCUT2D eigenvalue weighted by Crippen LogP contribution is -2.35. The predicted octanol–water partition coefficient (Wildman–Crippen LogP) is 2.39. The van der Waals surface area contributed by atoms with Crippen LogP contribution in [0.3, 0.4) is 0 Å². The molecule has 1 fully saturated rings. The molecule has 1 aliphatic heterocycles. The molecule has 0 bridgehead atoms. The van der Waals surface area contributed by atoms with Crippen molar-refractivity contribution in [3.63, 3.8) is 0 Å². The number of phenols is 1. The summed E-state index contributed by atoms with van der Waals surface area (Å²) >= 11 is 0. The Bertz CT molecular complexity index is 329. The van der Waals surface area contributed by atoms with Crippen molar-refractivity contribution in [3.05, 3.63) is 29.3 Å². The molecule has 1 saturated heterocycles. The molecule has 0 aromatic heterocycles. The number of aryl methyl sites for hydroxylation is 1. The van der Waals surface area contributed by atoms with Gasteiger partial charge in [-0.2, -0.15) is 0 Å². The Kier molecular flexibility index (Phi) is 3.27. The normalized spacial score (nSPS) is 21.5. The van der Waals surface area contributed by atoms with Crippen LogP contribution in [0.5, 0.6) is 5.75 Å². The van der Waals surface area contributed by atoms with Crippen LogP contribution in [0.1, 0.15) is 30.4 Å². The van der Waals surface area contributed by atoms with Gasteiger partial charge in [-0.15, -0.1) is 0 Å². The van der Waals surface area contributed by atoms with Crippen LogP contribution in [0.25, 0.3) is 0 Å². The fourth-order valence-corrected chi connectivity index (χ4v) is 2.23. The monoisotopic (exact) mass is 205 g/mol. The summed E-state index contributed by atoms with van der Waals surface area (Å²) in [5.41, 5.74) is 2.30. The third-order valence-corrected chi connectivity index (χ3v) is 3.16. The molecule has 1 heterocycles. The van der Waals surface area contributed by atoms with Crippen LogP contribution in [0.2, 0.25) is 0 Å². The van der Waals surface area contributed by atoms with Crippen LogP contribution in [0.4, 0.5) is 0 Å². The lowest BCUT2D eigenvalue weighted by Gasteiger charge is -2.23. The van der Waals surface area contributed by atoms with Gasteiger partial charge in [-0.05, 0) is 49.9 Å². The summed E-state index contributed by atoms with van der Waals surface area (Å²) in [4.78, 5) is 0. The molecule has 1 aromatic carbocycles. The van der Waals surface area contributed by atoms with E-state index in [1.165, 1.54) is 24.8 Å². The van der Waals surface area contributed by atoms with E-state index < -0.39 is 0 Å². The average molecular weight is 205 g/mol. The Morgan fingerprint density at radius 1 is 1.40 bits per heavy atom. The maximum absolute atomic E-state index is 9.43. The number of rotatable bonds is 2. The highest BCUT2D eigenvalue weighted by atomic mass is 16.3. The molecule has 0 radical (unpaired) electrons. The highest BCUT2D eigenvalue weighted by Crippen LogP contribution is 2.19. The third-order valence-electron chi connectivity index (χ3n) is 3.16. The van der Waals surface area contributed by atoms with Crippen molar-refractivity contribution in [1.29, 1.82) is 0 Å². The Balaban J connectivity index is 2.00. The highest BCUT2D eigenvalue weighted by molar-refractivity contribution is 5.35. The quantitative estimate of drug-likeness (QED) is 0.777. The van der Waals surface area contributed by atoms with E-state index in [0.29, 0.717) is 11.8 Å². The number of hydrogen-bond donors (Lipinski definition) is 2. The summed E-state index contributed by atoms with van der Waals surface area (Å²) < 4.78 is 0. The van der Waals surface area contributed by atoms with Crippen LogP contribution in [0.15, 0.2) is 18.2 Å². The first-order valence-corrected chi connectivity index (χ1v) is 5.77. The lowest BCUT2D eigenvalue weighted by atomic mass is 9.97. The minimum absolute atomic E-state index is 0.398. The molecule has 1 atom stereocenters. The van der Waals surface area contributed by atoms with Crippen molar-refractivity contribution >= 4 is 0 Å². The number of nitrogens with one attached hydrogen (secondary N) is 1. The Labute approximate surface area is 91.3 Å². The van der Waals surface area contributed by atoms with E-state index >= 15 is 0 Å². The molecule has 0 amide bonds. The fourth-order valence-electron chi connectivity index (χ4n) is 2.23. The van der Waals surface area contributed by atoms with Crippen molar-refractivity contribution in [2.45, 2.75) is 38.6 Å². The van der Waals surface area contributed by atoms with Gasteiger partial charge in [-0.1, -0.05) is 18.6 Å². The van der Waals surface area contributed by atoms with Gasteiger partial charge in [0.2, 0.25) is 0 Å². The summed E-state index contributed by atoms with van der Waals surface area (Å²) in [5, 5.41) is 13.0. The molecule has 2 heteroatoms. The van der Waals surface area contributed by atoms with Crippen molar-refractivity contribution in [3.8, 4) is 5.75 Å². The molecular formula is C13H19NO. The maximum atomic E-state index is 9.43. The molecule has 1 unspecified atom stereocenters. The van der Waals surface area contributed by atoms with Crippen molar-refractivity contribution in [2.24, 2.45) is 0 Å². The molecule has 2 rings (SSSR count). The van der Waals surface area contributed by atoms with Crippen molar-refractivity contribution in [1.82, 2.24) is 5.32 Å². The second kappa shape index (κ2) is 4.67. The standard InChI is InChI=1S/C13H19NO/c1-10-8-11(5-6-13(10)15)9-12-4-2-3-7-14-12/h5-6,8,12,14-15H,2-4,7,9H2,1H3. The number of benzene rings is 1. The zero-order valence-corrected chi connectivity index (χ0v) is 9.29. The molecular weight excluding hydrogens is 186 g/mol. The van der Waals surface area contributed by atoms with Gasteiger partial charge in [0.15, 0.2) is 0 Å². The summed E-state index contributed by atoms with van der Waals surface area (Å²) in [6.07, 6.45) is 5.01. The van der Waals surface area contributed by atoms with Crippen molar-refractivity contribution < 1.29 is 5.11 Å². The first kappa shape index (κ1) is 10.5. The van der Waals surface area contributed by atoms with Gasteiger partial charge in [0.25, 0.3) is 0 Å². The first-order valence-electron chi connectivity index (χ1n) is 5.77. The molecule has 0 spiro atoms. The van der Waals surface area contributed by atoms with E-state index in [2.05, 4.69) is 11.4 Å². The number of hydrogen-bond acceptors (Lipinski definition) is 2. The zero-order chi connectivity index (χ0) is 10.7. The van der Waals surface area contributed by atoms with Crippen molar-refractivity contribution in [2.75, 3.05) is 6.54 Å². The Morgan fingerprint density at radius 2 is 2.27 bits per heavy atom. The van der Waals surface area contributed by atoms with Gasteiger partial charge >= 0.3 is 0 Å². The molecule has 15 heavy (non-hydrogen) atoms. The topological polar surface area (TPSA) is 32.3 Å². The van der Waals surface area contributed by atoms with Crippen LogP contribution >= 0.6 is 0 Å². The average Bonchev–Trinajstić information content (AvgIpc) is 2.25. The lowest BCUT2D eigenvalue weighted by molar-refractivity contribution is 0.399. The highest BCUT2D eigenvalue weighted by Gasteiger charge is 2.13. The second-order valence-electron chi connectivity index (χ2n) is 4.47. The van der Waals surface area contributed by atoms with Gasteiger partial charge in [0.1, 0.15) is 5.75 Å². The van der Waals surface area contributed by atoms with Gasteiger partial charge < -0.3 is 10.4 Å². The zero-order valence-electron chi connectivity index (χ0n) is 9.29. The largest absolute Gasteiger partial charge is 0.508 e. The Hall–Kier alpha value is -1.02. The number of phenolic OH excluding ortho intramolecular Hbond substituents is 1. The molecule has 2 N–H and O–H groups in total. The van der Waals surface area contributed by atoms with E-state index in [0.717, 1.165) is 18.5 Å². The van der Waals surface area contributed by atoms with E-state index in [1.807, 2.05) is 13.0 Å². The Morgan fingerprint density at radius 3 is 2.93 bits per heavy atom. The number of aromatic hydroxyl groups is 1. The van der Waals surface area contributed by atoms with Crippen LogP contribution < -0.4 is 5.32 Å². The van der Waals surface area contributed by atoms with E-state index in [1.54, 1.807) is 6.07 Å². The predicted molar refractivity (Wildman–Crippen MR) is 62.2 cm³/mol. The molecule has 1 aliphatic rings. The molecule has 0 saturated carbocycles. The van der Waals surface area contributed by atoms with E-state index in [4.69, 9.17) is 0 Å². The van der Waals surface area contributed by atoms with Gasteiger partial charge in [-0.25, -0.2) is 0 Å². The summed E-state index contributed by atoms with van der Waals surface area (Å²) in [7, 11) is 0. The van der Waals surface area contributed by atoms with Gasteiger partial charge in [0.05, 0.1) is 0 Å². The minimum atomic E-state index is 0.398. The molecule has 82 valence electrons. The van der Waals surface area contributed by atoms with E-state index in [9.17, 15) is 5.11 Å². The summed E-state index contributed by atoms with van der Waals surface area (Å²) in [6, 6.07) is 6.54. The fraction of sp³-hybridized carbons (Fsp3) is 0.538. The second-order valence-corrected chi connectivity index (χ2v) is 4.47. The minimum Gasteiger partial charge on any atom is -0.508 e. The van der Waals surface area contributed by atoms with Crippen LogP contribution in [-0.4, -0.2) is 17.7 Å². The SMILES string of the molecule is Cc1cc(CC2CCCCN2)ccc1O. The van der Waals surface area contributed by atoms with Crippen LogP contribution in [0, 0.1) is 6.92 Å². The molecule has 1 aromatic rings.